The molecule has 1 saturated heterocycles. The first kappa shape index (κ1) is 27.7. The first-order valence-electron chi connectivity index (χ1n) is 12.5. The molecule has 0 spiro atoms. The summed E-state index contributed by atoms with van der Waals surface area (Å²) in [4.78, 5) is 61.4. The predicted molar refractivity (Wildman–Crippen MR) is 131 cm³/mol. The number of carboxylic acids is 1. The first-order valence-corrected chi connectivity index (χ1v) is 12.5. The van der Waals surface area contributed by atoms with E-state index in [2.05, 4.69) is 15.3 Å². The third kappa shape index (κ3) is 5.58. The molecule has 1 aliphatic heterocycles. The molecule has 1 aromatic heterocycles. The summed E-state index contributed by atoms with van der Waals surface area (Å²) in [5.41, 5.74) is -1.61. The summed E-state index contributed by atoms with van der Waals surface area (Å²) in [5.74, 6) is -3.97. The molecule has 1 saturated carbocycles. The van der Waals surface area contributed by atoms with Gasteiger partial charge >= 0.3 is 5.97 Å². The van der Waals surface area contributed by atoms with E-state index in [4.69, 9.17) is 0 Å². The summed E-state index contributed by atoms with van der Waals surface area (Å²) in [6.07, 6.45) is 5.13. The Morgan fingerprint density at radius 1 is 1.22 bits per heavy atom. The average Bonchev–Trinajstić information content (AvgIpc) is 3.32. The SMILES string of the molecule is CC(C)[C@@H](CC(=O)c1cnccn1)C(=O)N[C@H](C(=O)N1C[C@H]2[C@H](CC[C@@]2(C)O)[C@H]1C(=O)O)C(C)(C)C. The van der Waals surface area contributed by atoms with Crippen molar-refractivity contribution in [2.75, 3.05) is 6.54 Å². The molecule has 0 bridgehead atoms. The molecule has 2 amide bonds. The van der Waals surface area contributed by atoms with Crippen molar-refractivity contribution in [1.29, 1.82) is 0 Å². The van der Waals surface area contributed by atoms with Crippen LogP contribution in [0.1, 0.15) is 71.3 Å². The van der Waals surface area contributed by atoms with Crippen LogP contribution in [0.3, 0.4) is 0 Å². The van der Waals surface area contributed by atoms with Crippen LogP contribution in [0.15, 0.2) is 18.6 Å². The van der Waals surface area contributed by atoms with Crippen LogP contribution in [0.5, 0.6) is 0 Å². The second kappa shape index (κ2) is 10.2. The molecule has 2 aliphatic rings. The zero-order valence-electron chi connectivity index (χ0n) is 21.9. The predicted octanol–water partition coefficient (Wildman–Crippen LogP) is 1.93. The number of fused-ring (bicyclic) bond motifs is 1. The molecule has 6 atom stereocenters. The van der Waals surface area contributed by atoms with Gasteiger partial charge in [0.05, 0.1) is 11.8 Å². The molecular formula is C26H38N4O6. The zero-order chi connectivity index (χ0) is 27.0. The molecule has 198 valence electrons. The molecule has 0 radical (unpaired) electrons. The van der Waals surface area contributed by atoms with Crippen LogP contribution in [-0.2, 0) is 14.4 Å². The summed E-state index contributed by atoms with van der Waals surface area (Å²) in [5, 5.41) is 23.6. The Balaban J connectivity index is 1.83. The molecule has 36 heavy (non-hydrogen) atoms. The highest BCUT2D eigenvalue weighted by atomic mass is 16.4. The summed E-state index contributed by atoms with van der Waals surface area (Å²) < 4.78 is 0. The fourth-order valence-corrected chi connectivity index (χ4v) is 5.56. The number of rotatable bonds is 8. The fourth-order valence-electron chi connectivity index (χ4n) is 5.56. The van der Waals surface area contributed by atoms with Crippen molar-refractivity contribution in [3.05, 3.63) is 24.3 Å². The Hall–Kier alpha value is -2.88. The van der Waals surface area contributed by atoms with Crippen LogP contribution in [-0.4, -0.2) is 72.9 Å². The molecule has 0 aromatic carbocycles. The van der Waals surface area contributed by atoms with Gasteiger partial charge in [-0.1, -0.05) is 34.6 Å². The Morgan fingerprint density at radius 3 is 2.42 bits per heavy atom. The Morgan fingerprint density at radius 2 is 1.89 bits per heavy atom. The van der Waals surface area contributed by atoms with Crippen molar-refractivity contribution < 1.29 is 29.4 Å². The van der Waals surface area contributed by atoms with Crippen molar-refractivity contribution >= 4 is 23.6 Å². The van der Waals surface area contributed by atoms with Gasteiger partial charge in [0.15, 0.2) is 5.78 Å². The van der Waals surface area contributed by atoms with E-state index in [-0.39, 0.29) is 42.2 Å². The highest BCUT2D eigenvalue weighted by molar-refractivity contribution is 5.98. The van der Waals surface area contributed by atoms with Gasteiger partial charge in [0.1, 0.15) is 17.8 Å². The van der Waals surface area contributed by atoms with Crippen LogP contribution >= 0.6 is 0 Å². The minimum absolute atomic E-state index is 0.0955. The molecule has 3 N–H and O–H groups in total. The van der Waals surface area contributed by atoms with Crippen LogP contribution in [0.4, 0.5) is 0 Å². The van der Waals surface area contributed by atoms with E-state index in [1.54, 1.807) is 27.7 Å². The van der Waals surface area contributed by atoms with E-state index in [1.165, 1.54) is 23.5 Å². The summed E-state index contributed by atoms with van der Waals surface area (Å²) in [6, 6.07) is -2.07. The number of hydrogen-bond donors (Lipinski definition) is 3. The molecule has 10 nitrogen and oxygen atoms in total. The van der Waals surface area contributed by atoms with Crippen molar-refractivity contribution in [1.82, 2.24) is 20.2 Å². The van der Waals surface area contributed by atoms with E-state index in [1.807, 2.05) is 13.8 Å². The number of nitrogens with zero attached hydrogens (tertiary/aromatic N) is 3. The van der Waals surface area contributed by atoms with Gasteiger partial charge in [0.25, 0.3) is 0 Å². The Labute approximate surface area is 211 Å². The average molecular weight is 503 g/mol. The van der Waals surface area contributed by atoms with Crippen LogP contribution < -0.4 is 5.32 Å². The number of carboxylic acid groups (broad SMARTS) is 1. The van der Waals surface area contributed by atoms with Crippen LogP contribution in [0.2, 0.25) is 0 Å². The van der Waals surface area contributed by atoms with Crippen molar-refractivity contribution in [3.8, 4) is 0 Å². The van der Waals surface area contributed by atoms with Crippen molar-refractivity contribution in [3.63, 3.8) is 0 Å². The second-order valence-electron chi connectivity index (χ2n) is 11.8. The topological polar surface area (TPSA) is 150 Å². The minimum atomic E-state index is -1.11. The smallest absolute Gasteiger partial charge is 0.326 e. The number of carbonyl (C=O) groups is 4. The summed E-state index contributed by atoms with van der Waals surface area (Å²) in [6.45, 7) is 10.9. The first-order chi connectivity index (χ1) is 16.6. The van der Waals surface area contributed by atoms with Gasteiger partial charge in [-0.2, -0.15) is 0 Å². The monoisotopic (exact) mass is 502 g/mol. The lowest BCUT2D eigenvalue weighted by Gasteiger charge is -2.37. The molecule has 1 aliphatic carbocycles. The van der Waals surface area contributed by atoms with E-state index >= 15 is 0 Å². The van der Waals surface area contributed by atoms with E-state index < -0.39 is 46.8 Å². The zero-order valence-corrected chi connectivity index (χ0v) is 21.9. The maximum Gasteiger partial charge on any atom is 0.326 e. The largest absolute Gasteiger partial charge is 0.480 e. The highest BCUT2D eigenvalue weighted by Crippen LogP contribution is 2.48. The normalized spacial score (nSPS) is 27.4. The van der Waals surface area contributed by atoms with E-state index in [9.17, 15) is 29.4 Å². The van der Waals surface area contributed by atoms with Gasteiger partial charge in [-0.25, -0.2) is 9.78 Å². The van der Waals surface area contributed by atoms with Gasteiger partial charge in [-0.05, 0) is 37.0 Å². The van der Waals surface area contributed by atoms with Gasteiger partial charge in [0, 0.05) is 37.2 Å². The third-order valence-corrected chi connectivity index (χ3v) is 7.77. The standard InChI is InChI=1S/C26H38N4O6/c1-14(2)16(11-19(31)18-12-27-9-10-28-18)22(32)29-21(25(3,4)5)23(33)30-13-17-15(20(30)24(34)35)7-8-26(17,6)36/h9-10,12,14-17,20-21,36H,7-8,11,13H2,1-6H3,(H,29,32)(H,34,35)/t15-,16+,17-,20-,21+,26+/m0/s1. The number of aliphatic hydroxyl groups is 1. The Kier molecular flexibility index (Phi) is 7.88. The molecule has 0 unspecified atom stereocenters. The van der Waals surface area contributed by atoms with Gasteiger partial charge in [-0.15, -0.1) is 0 Å². The van der Waals surface area contributed by atoms with Crippen molar-refractivity contribution in [2.24, 2.45) is 29.1 Å². The molecule has 10 heteroatoms. The lowest BCUT2D eigenvalue weighted by Crippen LogP contribution is -2.58. The summed E-state index contributed by atoms with van der Waals surface area (Å²) >= 11 is 0. The minimum Gasteiger partial charge on any atom is -0.480 e. The lowest BCUT2D eigenvalue weighted by atomic mass is 9.83. The molecule has 3 rings (SSSR count). The number of ketones is 1. The quantitative estimate of drug-likeness (QED) is 0.456. The number of likely N-dealkylation sites (tertiary alicyclic amines) is 1. The van der Waals surface area contributed by atoms with Crippen LogP contribution in [0, 0.1) is 29.1 Å². The number of aromatic nitrogens is 2. The summed E-state index contributed by atoms with van der Waals surface area (Å²) in [7, 11) is 0. The maximum absolute atomic E-state index is 13.8. The third-order valence-electron chi connectivity index (χ3n) is 7.77. The van der Waals surface area contributed by atoms with E-state index in [0.29, 0.717) is 12.8 Å². The number of aliphatic carboxylic acids is 1. The highest BCUT2D eigenvalue weighted by Gasteiger charge is 2.58. The fraction of sp³-hybridized carbons (Fsp3) is 0.692. The Bertz CT molecular complexity index is 1000. The van der Waals surface area contributed by atoms with Gasteiger partial charge in [-0.3, -0.25) is 19.4 Å². The van der Waals surface area contributed by atoms with E-state index in [0.717, 1.165) is 0 Å². The number of carbonyl (C=O) groups excluding carboxylic acids is 3. The maximum atomic E-state index is 13.8. The molecule has 2 fully saturated rings. The van der Waals surface area contributed by atoms with Crippen LogP contribution in [0.25, 0.3) is 0 Å². The van der Waals surface area contributed by atoms with Gasteiger partial charge < -0.3 is 20.4 Å². The van der Waals surface area contributed by atoms with Gasteiger partial charge in [0.2, 0.25) is 11.8 Å². The number of amides is 2. The molecular weight excluding hydrogens is 464 g/mol. The second-order valence-corrected chi connectivity index (χ2v) is 11.8. The lowest BCUT2D eigenvalue weighted by molar-refractivity contribution is -0.152. The number of hydrogen-bond acceptors (Lipinski definition) is 7. The number of Topliss-reactive ketones (excluding diaryl/α,β-unsaturated/α-hetero) is 1. The number of nitrogens with one attached hydrogen (secondary N) is 1. The van der Waals surface area contributed by atoms with Crippen molar-refractivity contribution in [2.45, 2.75) is 78.5 Å². The molecule has 2 heterocycles. The molecule has 1 aromatic rings.